The third kappa shape index (κ3) is 3.81. The molecule has 2 saturated heterocycles. The third-order valence-electron chi connectivity index (χ3n) is 7.46. The summed E-state index contributed by atoms with van der Waals surface area (Å²) in [5, 5.41) is 12.6. The summed E-state index contributed by atoms with van der Waals surface area (Å²) >= 11 is 0. The number of ether oxygens (including phenoxy) is 2. The van der Waals surface area contributed by atoms with Crippen molar-refractivity contribution in [2.24, 2.45) is 11.8 Å². The fourth-order valence-electron chi connectivity index (χ4n) is 5.54. The second-order valence-electron chi connectivity index (χ2n) is 9.56. The first kappa shape index (κ1) is 23.6. The molecule has 186 valence electrons. The maximum atomic E-state index is 12.4. The van der Waals surface area contributed by atoms with E-state index in [2.05, 4.69) is 16.4 Å². The second kappa shape index (κ2) is 8.82. The van der Waals surface area contributed by atoms with Gasteiger partial charge in [0.2, 0.25) is 5.91 Å². The summed E-state index contributed by atoms with van der Waals surface area (Å²) in [4.78, 5) is 43.2. The van der Waals surface area contributed by atoms with Gasteiger partial charge in [0.25, 0.3) is 0 Å². The molecule has 1 N–H and O–H groups in total. The van der Waals surface area contributed by atoms with Crippen molar-refractivity contribution in [1.82, 2.24) is 15.2 Å². The normalized spacial score (nSPS) is 26.2. The maximum absolute atomic E-state index is 12.4. The number of rotatable bonds is 5. The average molecular weight is 490 g/mol. The summed E-state index contributed by atoms with van der Waals surface area (Å²) < 4.78 is 10.2. The molecule has 0 radical (unpaired) electrons. The van der Waals surface area contributed by atoms with E-state index in [1.54, 1.807) is 16.0 Å². The Labute approximate surface area is 208 Å². The van der Waals surface area contributed by atoms with Crippen LogP contribution in [0.15, 0.2) is 36.5 Å². The van der Waals surface area contributed by atoms with Crippen molar-refractivity contribution in [3.05, 3.63) is 47.8 Å². The van der Waals surface area contributed by atoms with E-state index in [1.165, 1.54) is 14.0 Å². The Morgan fingerprint density at radius 1 is 1.22 bits per heavy atom. The van der Waals surface area contributed by atoms with Gasteiger partial charge in [-0.15, -0.1) is 0 Å². The molecular formula is C26H27N5O5. The van der Waals surface area contributed by atoms with Gasteiger partial charge in [-0.05, 0) is 36.2 Å². The highest BCUT2D eigenvalue weighted by Gasteiger charge is 2.71. The molecule has 0 spiro atoms. The Hall–Kier alpha value is -4.13. The molecule has 3 amide bonds. The average Bonchev–Trinajstić information content (AvgIpc) is 3.15. The van der Waals surface area contributed by atoms with Gasteiger partial charge in [-0.3, -0.25) is 14.7 Å². The standard InChI is InChI=1S/C26H27N5O5/c1-15-8-17(4-6-22(15)31-11-19(36-25(31)34)10-28-16(2)32)18-5-7-23(29-9-18)26(14-27)20-12-30(13-21(20)26)24(33)35-3/h4-9,19-21H,10-13H2,1-3H3,(H,28,32)/t19-,20?,21?,26?/m0/s1. The largest absolute Gasteiger partial charge is 0.453 e. The van der Waals surface area contributed by atoms with E-state index in [0.717, 1.165) is 28.1 Å². The molecule has 2 aliphatic heterocycles. The van der Waals surface area contributed by atoms with Crippen LogP contribution < -0.4 is 10.2 Å². The van der Waals surface area contributed by atoms with Crippen molar-refractivity contribution in [2.75, 3.05) is 38.2 Å². The number of nitriles is 1. The van der Waals surface area contributed by atoms with Crippen LogP contribution in [0.25, 0.3) is 11.1 Å². The van der Waals surface area contributed by atoms with Crippen molar-refractivity contribution < 1.29 is 23.9 Å². The van der Waals surface area contributed by atoms with Gasteiger partial charge >= 0.3 is 12.2 Å². The zero-order valence-corrected chi connectivity index (χ0v) is 20.4. The number of nitrogens with one attached hydrogen (secondary N) is 1. The first-order valence-corrected chi connectivity index (χ1v) is 11.8. The van der Waals surface area contributed by atoms with Gasteiger partial charge in [-0.1, -0.05) is 12.1 Å². The second-order valence-corrected chi connectivity index (χ2v) is 9.56. The number of aromatic nitrogens is 1. The minimum atomic E-state index is -0.660. The highest BCUT2D eigenvalue weighted by Crippen LogP contribution is 2.62. The third-order valence-corrected chi connectivity index (χ3v) is 7.46. The van der Waals surface area contributed by atoms with Crippen LogP contribution in [0.2, 0.25) is 0 Å². The van der Waals surface area contributed by atoms with Crippen LogP contribution >= 0.6 is 0 Å². The molecule has 2 aromatic rings. The lowest BCUT2D eigenvalue weighted by atomic mass is 9.95. The number of amides is 3. The van der Waals surface area contributed by atoms with Gasteiger partial charge in [-0.2, -0.15) is 5.26 Å². The van der Waals surface area contributed by atoms with Crippen LogP contribution in [-0.2, 0) is 19.7 Å². The summed E-state index contributed by atoms with van der Waals surface area (Å²) in [6.45, 7) is 4.99. The van der Waals surface area contributed by atoms with Crippen molar-refractivity contribution in [1.29, 1.82) is 5.26 Å². The molecule has 2 unspecified atom stereocenters. The van der Waals surface area contributed by atoms with E-state index in [9.17, 15) is 19.6 Å². The smallest absolute Gasteiger partial charge is 0.414 e. The Bertz CT molecular complexity index is 1260. The zero-order chi connectivity index (χ0) is 25.6. The van der Waals surface area contributed by atoms with Crippen molar-refractivity contribution in [2.45, 2.75) is 25.4 Å². The number of anilines is 1. The van der Waals surface area contributed by atoms with Crippen molar-refractivity contribution in [3.63, 3.8) is 0 Å². The van der Waals surface area contributed by atoms with Crippen LogP contribution in [-0.4, -0.2) is 67.4 Å². The molecule has 3 heterocycles. The first-order valence-electron chi connectivity index (χ1n) is 11.8. The van der Waals surface area contributed by atoms with Crippen LogP contribution in [0.4, 0.5) is 15.3 Å². The molecule has 1 aliphatic carbocycles. The quantitative estimate of drug-likeness (QED) is 0.684. The minimum absolute atomic E-state index is 0.0659. The molecule has 3 fully saturated rings. The number of cyclic esters (lactones) is 1. The Morgan fingerprint density at radius 3 is 2.53 bits per heavy atom. The number of benzene rings is 1. The summed E-state index contributed by atoms with van der Waals surface area (Å²) in [5.74, 6) is -0.0363. The number of carbonyl (C=O) groups is 3. The van der Waals surface area contributed by atoms with Gasteiger partial charge in [0.05, 0.1) is 37.6 Å². The summed E-state index contributed by atoms with van der Waals surface area (Å²) in [5.41, 5.74) is 3.57. The Balaban J connectivity index is 1.29. The predicted octanol–water partition coefficient (Wildman–Crippen LogP) is 2.61. The molecule has 10 heteroatoms. The van der Waals surface area contributed by atoms with E-state index >= 15 is 0 Å². The fraction of sp³-hybridized carbons (Fsp3) is 0.423. The van der Waals surface area contributed by atoms with E-state index in [-0.39, 0.29) is 30.4 Å². The summed E-state index contributed by atoms with van der Waals surface area (Å²) in [6, 6.07) is 12.1. The Kier molecular flexibility index (Phi) is 5.79. The van der Waals surface area contributed by atoms with E-state index < -0.39 is 17.6 Å². The molecule has 3 aliphatic rings. The highest BCUT2D eigenvalue weighted by atomic mass is 16.6. The molecule has 1 aromatic heterocycles. The molecular weight excluding hydrogens is 462 g/mol. The van der Waals surface area contributed by atoms with Gasteiger partial charge in [-0.25, -0.2) is 9.59 Å². The topological polar surface area (TPSA) is 125 Å². The van der Waals surface area contributed by atoms with Gasteiger partial charge in [0.15, 0.2) is 0 Å². The van der Waals surface area contributed by atoms with E-state index in [0.29, 0.717) is 19.6 Å². The monoisotopic (exact) mass is 489 g/mol. The lowest BCUT2D eigenvalue weighted by molar-refractivity contribution is -0.119. The summed E-state index contributed by atoms with van der Waals surface area (Å²) in [7, 11) is 1.36. The number of nitrogens with zero attached hydrogens (tertiary/aromatic N) is 4. The van der Waals surface area contributed by atoms with E-state index in [4.69, 9.17) is 9.47 Å². The highest BCUT2D eigenvalue weighted by molar-refractivity contribution is 5.91. The number of carbonyl (C=O) groups excluding carboxylic acids is 3. The predicted molar refractivity (Wildman–Crippen MR) is 129 cm³/mol. The van der Waals surface area contributed by atoms with Crippen LogP contribution in [0.1, 0.15) is 18.2 Å². The minimum Gasteiger partial charge on any atom is -0.453 e. The SMILES string of the molecule is COC(=O)N1CC2C(C1)C2(C#N)c1ccc(-c2ccc(N3C[C@H](CNC(C)=O)OC3=O)c(C)c2)cn1. The number of pyridine rings is 1. The van der Waals surface area contributed by atoms with Gasteiger partial charge < -0.3 is 19.7 Å². The molecule has 3 atom stereocenters. The number of fused-ring (bicyclic) bond motifs is 1. The lowest BCUT2D eigenvalue weighted by Gasteiger charge is -2.21. The number of piperidine rings is 1. The van der Waals surface area contributed by atoms with Crippen molar-refractivity contribution >= 4 is 23.8 Å². The van der Waals surface area contributed by atoms with Gasteiger partial charge in [0.1, 0.15) is 11.5 Å². The number of hydrogen-bond acceptors (Lipinski definition) is 7. The first-order chi connectivity index (χ1) is 17.3. The van der Waals surface area contributed by atoms with Crippen LogP contribution in [0.3, 0.4) is 0 Å². The number of aryl methyl sites for hydroxylation is 1. The molecule has 1 aromatic carbocycles. The summed E-state index contributed by atoms with van der Waals surface area (Å²) in [6.07, 6.45) is 0.574. The maximum Gasteiger partial charge on any atom is 0.414 e. The number of methoxy groups -OCH3 is 1. The van der Waals surface area contributed by atoms with Crippen LogP contribution in [0.5, 0.6) is 0 Å². The fourth-order valence-corrected chi connectivity index (χ4v) is 5.54. The number of hydrogen-bond donors (Lipinski definition) is 1. The molecule has 0 bridgehead atoms. The Morgan fingerprint density at radius 2 is 1.94 bits per heavy atom. The van der Waals surface area contributed by atoms with Gasteiger partial charge in [0, 0.05) is 43.6 Å². The zero-order valence-electron chi connectivity index (χ0n) is 20.4. The number of likely N-dealkylation sites (tertiary alicyclic amines) is 1. The van der Waals surface area contributed by atoms with E-state index in [1.807, 2.05) is 37.3 Å². The lowest BCUT2D eigenvalue weighted by Crippen LogP contribution is -2.34. The van der Waals surface area contributed by atoms with Crippen molar-refractivity contribution in [3.8, 4) is 17.2 Å². The molecule has 36 heavy (non-hydrogen) atoms. The molecule has 10 nitrogen and oxygen atoms in total. The molecule has 5 rings (SSSR count). The van der Waals surface area contributed by atoms with Crippen LogP contribution in [0, 0.1) is 30.1 Å². The molecule has 1 saturated carbocycles.